The van der Waals surface area contributed by atoms with E-state index in [1.54, 1.807) is 0 Å². The molecule has 0 spiro atoms. The predicted octanol–water partition coefficient (Wildman–Crippen LogP) is 12.3. The van der Waals surface area contributed by atoms with Gasteiger partial charge in [-0.05, 0) is 89.0 Å². The fraction of sp³-hybridized carbons (Fsp3) is 0.234. The highest BCUT2D eigenvalue weighted by Crippen LogP contribution is 2.40. The summed E-state index contributed by atoms with van der Waals surface area (Å²) < 4.78 is 2.46. The molecular weight excluding hydrogens is 639 g/mol. The summed E-state index contributed by atoms with van der Waals surface area (Å²) in [7, 11) is 0. The minimum Gasteiger partial charge on any atom is -0.309 e. The van der Waals surface area contributed by atoms with E-state index in [-0.39, 0.29) is 17.4 Å². The van der Waals surface area contributed by atoms with Crippen LogP contribution >= 0.6 is 11.8 Å². The van der Waals surface area contributed by atoms with Gasteiger partial charge in [0, 0.05) is 45.5 Å². The van der Waals surface area contributed by atoms with Crippen LogP contribution in [0.25, 0.3) is 38.8 Å². The highest BCUT2D eigenvalue weighted by molar-refractivity contribution is 8.14. The first-order chi connectivity index (χ1) is 24.6. The Hall–Kier alpha value is -4.93. The summed E-state index contributed by atoms with van der Waals surface area (Å²) in [6, 6.07) is 47.1. The van der Waals surface area contributed by atoms with Gasteiger partial charge >= 0.3 is 0 Å². The molecule has 7 aromatic rings. The Balaban J connectivity index is 1.28. The largest absolute Gasteiger partial charge is 0.309 e. The van der Waals surface area contributed by atoms with Gasteiger partial charge in [0.1, 0.15) is 0 Å². The summed E-state index contributed by atoms with van der Waals surface area (Å²) in [4.78, 5) is 10.4. The molecule has 0 radical (unpaired) electrons. The highest BCUT2D eigenvalue weighted by atomic mass is 32.2. The Morgan fingerprint density at radius 2 is 1.41 bits per heavy atom. The minimum absolute atomic E-state index is 0.0457. The van der Waals surface area contributed by atoms with Crippen LogP contribution in [0.4, 0.5) is 0 Å². The highest BCUT2D eigenvalue weighted by Gasteiger charge is 2.30. The second-order valence-electron chi connectivity index (χ2n) is 15.3. The molecule has 0 saturated carbocycles. The van der Waals surface area contributed by atoms with Crippen LogP contribution in [0.3, 0.4) is 0 Å². The maximum absolute atomic E-state index is 5.51. The predicted molar refractivity (Wildman–Crippen MR) is 219 cm³/mol. The molecule has 0 aliphatic carbocycles. The van der Waals surface area contributed by atoms with E-state index in [0.29, 0.717) is 5.92 Å². The molecule has 0 bridgehead atoms. The summed E-state index contributed by atoms with van der Waals surface area (Å²) in [5.41, 5.74) is 13.4. The SMILES string of the molecule is Cc1ccc2c(c1)c1ccc(-c3cc(C(C)(C)C)ccn3)cc1n2-c1cc(C2=N[C@H](C(c3ccccc3)c3ccccc3)CS2)cc(C(C)C)c1. The molecule has 0 amide bonds. The maximum atomic E-state index is 5.51. The molecule has 1 aliphatic rings. The summed E-state index contributed by atoms with van der Waals surface area (Å²) in [6.45, 7) is 13.5. The monoisotopic (exact) mass is 683 g/mol. The molecule has 1 atom stereocenters. The third kappa shape index (κ3) is 6.43. The lowest BCUT2D eigenvalue weighted by Crippen LogP contribution is -2.18. The normalized spacial score (nSPS) is 15.0. The zero-order valence-electron chi connectivity index (χ0n) is 30.4. The van der Waals surface area contributed by atoms with Crippen molar-refractivity contribution < 1.29 is 0 Å². The van der Waals surface area contributed by atoms with Crippen LogP contribution in [0.2, 0.25) is 0 Å². The van der Waals surface area contributed by atoms with Gasteiger partial charge in [0.15, 0.2) is 0 Å². The molecule has 2 aromatic heterocycles. The lowest BCUT2D eigenvalue weighted by Gasteiger charge is -2.22. The molecule has 51 heavy (non-hydrogen) atoms. The number of benzene rings is 5. The Bertz CT molecular complexity index is 2360. The van der Waals surface area contributed by atoms with Crippen LogP contribution in [0.5, 0.6) is 0 Å². The number of aliphatic imine (C=N–C) groups is 1. The fourth-order valence-corrected chi connectivity index (χ4v) is 8.61. The van der Waals surface area contributed by atoms with Crippen LogP contribution in [0.15, 0.2) is 139 Å². The Morgan fingerprint density at radius 3 is 2.10 bits per heavy atom. The average molecular weight is 684 g/mol. The Morgan fingerprint density at radius 1 is 0.686 bits per heavy atom. The molecule has 5 aromatic carbocycles. The first-order valence-electron chi connectivity index (χ1n) is 18.1. The van der Waals surface area contributed by atoms with Gasteiger partial charge in [-0.25, -0.2) is 0 Å². The minimum atomic E-state index is 0.0457. The van der Waals surface area contributed by atoms with Gasteiger partial charge < -0.3 is 4.57 Å². The van der Waals surface area contributed by atoms with Crippen molar-refractivity contribution in [3.8, 4) is 16.9 Å². The number of nitrogens with zero attached hydrogens (tertiary/aromatic N) is 3. The zero-order chi connectivity index (χ0) is 35.3. The third-order valence-electron chi connectivity index (χ3n) is 10.3. The standard InChI is InChI=1S/C47H45N3S/c1-30(2)35-24-36(46-49-42(29-51-46)45(32-13-9-7-10-14-32)33-15-11-8-12-16-33)26-38(25-35)50-43-20-17-31(3)23-40(43)39-19-18-34(27-44(39)50)41-28-37(21-22-48-41)47(4,5)6/h7-28,30,42,45H,29H2,1-6H3/t42-/m0/s1. The molecule has 4 heteroatoms. The summed E-state index contributed by atoms with van der Waals surface area (Å²) in [5.74, 6) is 1.52. The van der Waals surface area contributed by atoms with E-state index in [0.717, 1.165) is 22.1 Å². The number of pyridine rings is 1. The van der Waals surface area contributed by atoms with Gasteiger partial charge in [-0.1, -0.05) is 119 Å². The topological polar surface area (TPSA) is 30.2 Å². The molecule has 3 nitrogen and oxygen atoms in total. The van der Waals surface area contributed by atoms with Gasteiger partial charge in [0.2, 0.25) is 0 Å². The van der Waals surface area contributed by atoms with Crippen molar-refractivity contribution in [2.45, 2.75) is 64.8 Å². The van der Waals surface area contributed by atoms with Gasteiger partial charge in [0.05, 0.1) is 27.8 Å². The smallest absolute Gasteiger partial charge is 0.0982 e. The van der Waals surface area contributed by atoms with Crippen molar-refractivity contribution in [2.75, 3.05) is 5.75 Å². The van der Waals surface area contributed by atoms with Gasteiger partial charge in [-0.2, -0.15) is 0 Å². The first kappa shape index (κ1) is 33.2. The van der Waals surface area contributed by atoms with Gasteiger partial charge in [-0.3, -0.25) is 9.98 Å². The zero-order valence-corrected chi connectivity index (χ0v) is 31.2. The van der Waals surface area contributed by atoms with Crippen LogP contribution < -0.4 is 0 Å². The van der Waals surface area contributed by atoms with Crippen molar-refractivity contribution in [1.29, 1.82) is 0 Å². The number of rotatable bonds is 7. The van der Waals surface area contributed by atoms with E-state index >= 15 is 0 Å². The number of hydrogen-bond acceptors (Lipinski definition) is 3. The third-order valence-corrected chi connectivity index (χ3v) is 11.5. The second-order valence-corrected chi connectivity index (χ2v) is 16.4. The number of aryl methyl sites for hydroxylation is 1. The van der Waals surface area contributed by atoms with Gasteiger partial charge in [-0.15, -0.1) is 11.8 Å². The van der Waals surface area contributed by atoms with Crippen LogP contribution in [-0.2, 0) is 5.41 Å². The van der Waals surface area contributed by atoms with E-state index in [1.807, 2.05) is 18.0 Å². The van der Waals surface area contributed by atoms with E-state index < -0.39 is 0 Å². The fourth-order valence-electron chi connectivity index (χ4n) is 7.52. The average Bonchev–Trinajstić information content (AvgIpc) is 3.75. The number of hydrogen-bond donors (Lipinski definition) is 0. The maximum Gasteiger partial charge on any atom is 0.0982 e. The molecule has 1 aliphatic heterocycles. The molecule has 0 N–H and O–H groups in total. The van der Waals surface area contributed by atoms with Crippen molar-refractivity contribution in [3.05, 3.63) is 167 Å². The molecule has 8 rings (SSSR count). The molecule has 0 fully saturated rings. The van der Waals surface area contributed by atoms with E-state index in [1.165, 1.54) is 60.9 Å². The molecule has 0 saturated heterocycles. The van der Waals surface area contributed by atoms with E-state index in [9.17, 15) is 0 Å². The summed E-state index contributed by atoms with van der Waals surface area (Å²) in [6.07, 6.45) is 1.95. The molecule has 0 unspecified atom stereocenters. The Labute approximate surface area is 306 Å². The molecule has 3 heterocycles. The number of fused-ring (bicyclic) bond motifs is 3. The van der Waals surface area contributed by atoms with Crippen molar-refractivity contribution in [1.82, 2.24) is 9.55 Å². The van der Waals surface area contributed by atoms with Crippen LogP contribution in [-0.4, -0.2) is 26.4 Å². The lowest BCUT2D eigenvalue weighted by molar-refractivity contribution is 0.589. The summed E-state index contributed by atoms with van der Waals surface area (Å²) >= 11 is 1.89. The van der Waals surface area contributed by atoms with Crippen molar-refractivity contribution >= 4 is 38.6 Å². The lowest BCUT2D eigenvalue weighted by atomic mass is 9.86. The number of aromatic nitrogens is 2. The van der Waals surface area contributed by atoms with E-state index in [4.69, 9.17) is 9.98 Å². The van der Waals surface area contributed by atoms with Gasteiger partial charge in [0.25, 0.3) is 0 Å². The first-order valence-corrected chi connectivity index (χ1v) is 19.1. The van der Waals surface area contributed by atoms with Crippen LogP contribution in [0.1, 0.15) is 79.8 Å². The quantitative estimate of drug-likeness (QED) is 0.167. The van der Waals surface area contributed by atoms with E-state index in [2.05, 4.69) is 174 Å². The second kappa shape index (κ2) is 13.3. The summed E-state index contributed by atoms with van der Waals surface area (Å²) in [5, 5.41) is 3.65. The molecule has 254 valence electrons. The number of thioether (sulfide) groups is 1. The van der Waals surface area contributed by atoms with Crippen molar-refractivity contribution in [2.24, 2.45) is 4.99 Å². The van der Waals surface area contributed by atoms with Crippen molar-refractivity contribution in [3.63, 3.8) is 0 Å². The van der Waals surface area contributed by atoms with Crippen LogP contribution in [0, 0.1) is 6.92 Å². The molecular formula is C47H45N3S. The Kier molecular flexibility index (Phi) is 8.68.